The highest BCUT2D eigenvalue weighted by molar-refractivity contribution is 6.33. The zero-order valence-corrected chi connectivity index (χ0v) is 8.61. The van der Waals surface area contributed by atoms with Crippen LogP contribution in [0.1, 0.15) is 22.8 Å². The van der Waals surface area contributed by atoms with Crippen LogP contribution in [0, 0.1) is 0 Å². The molecule has 1 N–H and O–H groups in total. The van der Waals surface area contributed by atoms with Gasteiger partial charge in [-0.3, -0.25) is 19.7 Å². The molecule has 0 aliphatic carbocycles. The van der Waals surface area contributed by atoms with Gasteiger partial charge in [0.05, 0.1) is 5.57 Å². The van der Waals surface area contributed by atoms with Crippen molar-refractivity contribution in [1.82, 2.24) is 5.32 Å². The first-order valence-corrected chi connectivity index (χ1v) is 4.76. The van der Waals surface area contributed by atoms with E-state index in [2.05, 4.69) is 5.32 Å². The lowest BCUT2D eigenvalue weighted by molar-refractivity contribution is -0.123. The van der Waals surface area contributed by atoms with Crippen LogP contribution in [0.15, 0.2) is 30.3 Å². The van der Waals surface area contributed by atoms with Gasteiger partial charge in [-0.1, -0.05) is 24.3 Å². The molecule has 1 aliphatic heterocycles. The Balaban J connectivity index is 2.36. The Morgan fingerprint density at radius 3 is 2.19 bits per heavy atom. The number of Topliss-reactive ketones (excluding diaryl/α,β-unsaturated/α-hetero) is 1. The van der Waals surface area contributed by atoms with Crippen molar-refractivity contribution in [1.29, 1.82) is 0 Å². The van der Waals surface area contributed by atoms with E-state index in [1.54, 1.807) is 24.3 Å². The quantitative estimate of drug-likeness (QED) is 0.589. The van der Waals surface area contributed by atoms with Crippen molar-refractivity contribution >= 4 is 23.2 Å². The van der Waals surface area contributed by atoms with Crippen LogP contribution >= 0.6 is 0 Å². The van der Waals surface area contributed by atoms with Gasteiger partial charge in [-0.25, -0.2) is 0 Å². The largest absolute Gasteiger partial charge is 0.295 e. The van der Waals surface area contributed by atoms with Crippen molar-refractivity contribution in [2.24, 2.45) is 0 Å². The van der Waals surface area contributed by atoms with Gasteiger partial charge in [0.15, 0.2) is 5.78 Å². The summed E-state index contributed by atoms with van der Waals surface area (Å²) in [5, 5.41) is 2.17. The zero-order chi connectivity index (χ0) is 11.7. The maximum absolute atomic E-state index is 11.3. The van der Waals surface area contributed by atoms with E-state index in [0.717, 1.165) is 0 Å². The number of rotatable bonds is 2. The highest BCUT2D eigenvalue weighted by atomic mass is 16.2. The Hall–Kier alpha value is -2.23. The Kier molecular flexibility index (Phi) is 2.40. The van der Waals surface area contributed by atoms with Crippen LogP contribution in [0.25, 0.3) is 5.57 Å². The second kappa shape index (κ2) is 3.73. The van der Waals surface area contributed by atoms with Gasteiger partial charge in [0.25, 0.3) is 11.8 Å². The molecule has 1 heterocycles. The average Bonchev–Trinajstić information content (AvgIpc) is 2.58. The predicted octanol–water partition coefficient (Wildman–Crippen LogP) is 0.929. The van der Waals surface area contributed by atoms with Gasteiger partial charge in [-0.2, -0.15) is 0 Å². The zero-order valence-electron chi connectivity index (χ0n) is 8.61. The fourth-order valence-electron chi connectivity index (χ4n) is 1.51. The Labute approximate surface area is 92.0 Å². The SMILES string of the molecule is CC(=O)c1ccc(C2=CC(=O)NC2=O)cc1. The number of imide groups is 1. The number of hydrogen-bond acceptors (Lipinski definition) is 3. The minimum Gasteiger partial charge on any atom is -0.295 e. The van der Waals surface area contributed by atoms with E-state index >= 15 is 0 Å². The molecule has 1 aliphatic rings. The van der Waals surface area contributed by atoms with E-state index in [9.17, 15) is 14.4 Å². The average molecular weight is 215 g/mol. The number of benzene rings is 1. The molecule has 80 valence electrons. The molecule has 4 nitrogen and oxygen atoms in total. The molecule has 4 heteroatoms. The Morgan fingerprint density at radius 1 is 1.12 bits per heavy atom. The molecular weight excluding hydrogens is 206 g/mol. The monoisotopic (exact) mass is 215 g/mol. The molecule has 0 unspecified atom stereocenters. The van der Waals surface area contributed by atoms with E-state index in [1.807, 2.05) is 0 Å². The van der Waals surface area contributed by atoms with Crippen LogP contribution in [-0.4, -0.2) is 17.6 Å². The fourth-order valence-corrected chi connectivity index (χ4v) is 1.51. The van der Waals surface area contributed by atoms with Crippen LogP contribution in [0.2, 0.25) is 0 Å². The molecule has 0 radical (unpaired) electrons. The Bertz CT molecular complexity index is 512. The smallest absolute Gasteiger partial charge is 0.258 e. The Morgan fingerprint density at radius 2 is 1.75 bits per heavy atom. The maximum Gasteiger partial charge on any atom is 0.258 e. The molecule has 16 heavy (non-hydrogen) atoms. The first-order valence-electron chi connectivity index (χ1n) is 4.76. The molecular formula is C12H9NO3. The maximum atomic E-state index is 11.3. The second-order valence-electron chi connectivity index (χ2n) is 3.51. The van der Waals surface area contributed by atoms with E-state index in [-0.39, 0.29) is 5.78 Å². The van der Waals surface area contributed by atoms with Gasteiger partial charge in [0.2, 0.25) is 0 Å². The second-order valence-corrected chi connectivity index (χ2v) is 3.51. The summed E-state index contributed by atoms with van der Waals surface area (Å²) in [5.41, 5.74) is 1.54. The number of ketones is 1. The van der Waals surface area contributed by atoms with E-state index in [0.29, 0.717) is 16.7 Å². The van der Waals surface area contributed by atoms with Crippen LogP contribution in [0.5, 0.6) is 0 Å². The van der Waals surface area contributed by atoms with Crippen molar-refractivity contribution in [3.05, 3.63) is 41.5 Å². The lowest BCUT2D eigenvalue weighted by Crippen LogP contribution is -2.21. The number of amides is 2. The third kappa shape index (κ3) is 1.77. The van der Waals surface area contributed by atoms with Crippen LogP contribution in [-0.2, 0) is 9.59 Å². The van der Waals surface area contributed by atoms with Gasteiger partial charge >= 0.3 is 0 Å². The molecule has 2 rings (SSSR count). The summed E-state index contributed by atoms with van der Waals surface area (Å²) in [6.07, 6.45) is 1.26. The van der Waals surface area contributed by atoms with Gasteiger partial charge in [-0.15, -0.1) is 0 Å². The summed E-state index contributed by atoms with van der Waals surface area (Å²) in [6.45, 7) is 1.47. The highest BCUT2D eigenvalue weighted by Gasteiger charge is 2.21. The normalized spacial score (nSPS) is 14.7. The number of hydrogen-bond donors (Lipinski definition) is 1. The van der Waals surface area contributed by atoms with Crippen LogP contribution < -0.4 is 5.32 Å². The number of carbonyl (C=O) groups is 3. The minimum absolute atomic E-state index is 0.0347. The van der Waals surface area contributed by atoms with Gasteiger partial charge in [0, 0.05) is 11.6 Å². The summed E-state index contributed by atoms with van der Waals surface area (Å²) in [6, 6.07) is 6.57. The van der Waals surface area contributed by atoms with Crippen molar-refractivity contribution in [2.45, 2.75) is 6.92 Å². The summed E-state index contributed by atoms with van der Waals surface area (Å²) < 4.78 is 0. The minimum atomic E-state index is -0.407. The lowest BCUT2D eigenvalue weighted by Gasteiger charge is -2.01. The number of carbonyl (C=O) groups excluding carboxylic acids is 3. The molecule has 2 amide bonds. The highest BCUT2D eigenvalue weighted by Crippen LogP contribution is 2.18. The number of nitrogens with one attached hydrogen (secondary N) is 1. The molecule has 0 aromatic heterocycles. The molecule has 0 saturated heterocycles. The standard InChI is InChI=1S/C12H9NO3/c1-7(14)8-2-4-9(5-3-8)10-6-11(15)13-12(10)16/h2-6H,1H3,(H,13,15,16). The van der Waals surface area contributed by atoms with Crippen LogP contribution in [0.3, 0.4) is 0 Å². The summed E-state index contributed by atoms with van der Waals surface area (Å²) >= 11 is 0. The summed E-state index contributed by atoms with van der Waals surface area (Å²) in [4.78, 5) is 33.3. The molecule has 1 aromatic rings. The molecule has 0 spiro atoms. The van der Waals surface area contributed by atoms with Gasteiger partial charge in [0.1, 0.15) is 0 Å². The molecule has 0 fully saturated rings. The van der Waals surface area contributed by atoms with Crippen molar-refractivity contribution in [3.8, 4) is 0 Å². The van der Waals surface area contributed by atoms with Gasteiger partial charge in [-0.05, 0) is 12.5 Å². The van der Waals surface area contributed by atoms with Gasteiger partial charge < -0.3 is 0 Å². The summed E-state index contributed by atoms with van der Waals surface area (Å²) in [5.74, 6) is -0.844. The van der Waals surface area contributed by atoms with E-state index < -0.39 is 11.8 Å². The topological polar surface area (TPSA) is 63.2 Å². The van der Waals surface area contributed by atoms with Crippen molar-refractivity contribution < 1.29 is 14.4 Å². The molecule has 0 bridgehead atoms. The lowest BCUT2D eigenvalue weighted by atomic mass is 10.0. The molecule has 0 atom stereocenters. The third-order valence-corrected chi connectivity index (χ3v) is 2.36. The summed E-state index contributed by atoms with van der Waals surface area (Å²) in [7, 11) is 0. The van der Waals surface area contributed by atoms with E-state index in [4.69, 9.17) is 0 Å². The first-order chi connectivity index (χ1) is 7.58. The molecule has 0 saturated carbocycles. The first kappa shape index (κ1) is 10.3. The predicted molar refractivity (Wildman–Crippen MR) is 57.6 cm³/mol. The van der Waals surface area contributed by atoms with Crippen molar-refractivity contribution in [2.75, 3.05) is 0 Å². The fraction of sp³-hybridized carbons (Fsp3) is 0.0833. The van der Waals surface area contributed by atoms with Crippen molar-refractivity contribution in [3.63, 3.8) is 0 Å². The molecule has 1 aromatic carbocycles. The van der Waals surface area contributed by atoms with E-state index in [1.165, 1.54) is 13.0 Å². The third-order valence-electron chi connectivity index (χ3n) is 2.36. The van der Waals surface area contributed by atoms with Crippen LogP contribution in [0.4, 0.5) is 0 Å².